The molecule has 7 nitrogen and oxygen atoms in total. The van der Waals surface area contributed by atoms with E-state index < -0.39 is 6.04 Å². The van der Waals surface area contributed by atoms with Crippen molar-refractivity contribution in [1.29, 1.82) is 0 Å². The Bertz CT molecular complexity index is 570. The number of likely N-dealkylation sites (tertiary alicyclic amines) is 1. The summed E-state index contributed by atoms with van der Waals surface area (Å²) in [5.74, 6) is 0.514. The van der Waals surface area contributed by atoms with Gasteiger partial charge in [0.1, 0.15) is 6.04 Å². The Morgan fingerprint density at radius 1 is 1.10 bits per heavy atom. The summed E-state index contributed by atoms with van der Waals surface area (Å²) < 4.78 is 5.13. The molecule has 2 amide bonds. The lowest BCUT2D eigenvalue weighted by Crippen LogP contribution is -2.62. The highest BCUT2D eigenvalue weighted by Gasteiger charge is 2.39. The van der Waals surface area contributed by atoms with E-state index in [1.54, 1.807) is 0 Å². The Morgan fingerprint density at radius 3 is 2.31 bits per heavy atom. The van der Waals surface area contributed by atoms with Crippen molar-refractivity contribution in [2.75, 3.05) is 32.8 Å². The van der Waals surface area contributed by atoms with Crippen molar-refractivity contribution in [2.24, 2.45) is 17.8 Å². The maximum absolute atomic E-state index is 13.4. The average molecular weight is 410 g/mol. The molecule has 0 radical (unpaired) electrons. The monoisotopic (exact) mass is 409 g/mol. The molecule has 2 atom stereocenters. The van der Waals surface area contributed by atoms with Crippen molar-refractivity contribution in [2.45, 2.75) is 72.4 Å². The van der Waals surface area contributed by atoms with Gasteiger partial charge in [-0.1, -0.05) is 27.7 Å². The van der Waals surface area contributed by atoms with Crippen molar-refractivity contribution in [3.63, 3.8) is 0 Å². The quantitative estimate of drug-likeness (QED) is 0.621. The van der Waals surface area contributed by atoms with Gasteiger partial charge in [-0.25, -0.2) is 0 Å². The summed E-state index contributed by atoms with van der Waals surface area (Å²) in [4.78, 5) is 42.2. The highest BCUT2D eigenvalue weighted by atomic mass is 16.5. The summed E-state index contributed by atoms with van der Waals surface area (Å²) in [6.45, 7) is 13.0. The lowest BCUT2D eigenvalue weighted by atomic mass is 9.94. The van der Waals surface area contributed by atoms with Crippen molar-refractivity contribution < 1.29 is 19.1 Å². The minimum absolute atomic E-state index is 0.0274. The third-order valence-corrected chi connectivity index (χ3v) is 5.81. The van der Waals surface area contributed by atoms with E-state index in [2.05, 4.69) is 33.0 Å². The second-order valence-electron chi connectivity index (χ2n) is 9.16. The first-order valence-electron chi connectivity index (χ1n) is 11.2. The van der Waals surface area contributed by atoms with Gasteiger partial charge in [-0.3, -0.25) is 14.4 Å². The van der Waals surface area contributed by atoms with Crippen LogP contribution in [0.5, 0.6) is 0 Å². The maximum atomic E-state index is 13.4. The number of nitrogens with zero attached hydrogens (tertiary/aromatic N) is 2. The van der Waals surface area contributed by atoms with Gasteiger partial charge in [0.15, 0.2) is 0 Å². The van der Waals surface area contributed by atoms with Crippen LogP contribution in [0.2, 0.25) is 0 Å². The van der Waals surface area contributed by atoms with Gasteiger partial charge in [0.25, 0.3) is 0 Å². The third kappa shape index (κ3) is 6.43. The van der Waals surface area contributed by atoms with Gasteiger partial charge in [0.05, 0.1) is 18.6 Å². The molecule has 1 N–H and O–H groups in total. The SMILES string of the molecule is CCOC(=O)C1CCN(C(=O)[C@H](CC(C)C)N2CCN[C@@H](CC(C)C)C2=O)CC1. The fourth-order valence-electron chi connectivity index (χ4n) is 4.34. The molecule has 2 aliphatic rings. The highest BCUT2D eigenvalue weighted by molar-refractivity contribution is 5.90. The zero-order valence-electron chi connectivity index (χ0n) is 18.8. The van der Waals surface area contributed by atoms with Gasteiger partial charge in [-0.05, 0) is 44.4 Å². The molecular formula is C22H39N3O4. The molecule has 0 saturated carbocycles. The normalized spacial score (nSPS) is 22.3. The maximum Gasteiger partial charge on any atom is 0.309 e. The van der Waals surface area contributed by atoms with Crippen LogP contribution in [-0.4, -0.2) is 72.5 Å². The molecule has 7 heteroatoms. The summed E-state index contributed by atoms with van der Waals surface area (Å²) in [6, 6.07) is -0.626. The molecule has 0 bridgehead atoms. The van der Waals surface area contributed by atoms with Crippen LogP contribution >= 0.6 is 0 Å². The lowest BCUT2D eigenvalue weighted by molar-refractivity contribution is -0.154. The lowest BCUT2D eigenvalue weighted by Gasteiger charge is -2.42. The van der Waals surface area contributed by atoms with Gasteiger partial charge in [0, 0.05) is 26.2 Å². The van der Waals surface area contributed by atoms with Gasteiger partial charge in [0.2, 0.25) is 11.8 Å². The second-order valence-corrected chi connectivity index (χ2v) is 9.16. The summed E-state index contributed by atoms with van der Waals surface area (Å²) >= 11 is 0. The van der Waals surface area contributed by atoms with Crippen molar-refractivity contribution in [1.82, 2.24) is 15.1 Å². The van der Waals surface area contributed by atoms with Crippen LogP contribution in [0.3, 0.4) is 0 Å². The van der Waals surface area contributed by atoms with Crippen molar-refractivity contribution in [3.05, 3.63) is 0 Å². The van der Waals surface area contributed by atoms with Crippen LogP contribution in [-0.2, 0) is 19.1 Å². The fourth-order valence-corrected chi connectivity index (χ4v) is 4.34. The van der Waals surface area contributed by atoms with Crippen LogP contribution in [0.1, 0.15) is 60.3 Å². The Kier molecular flexibility index (Phi) is 8.93. The molecule has 0 aromatic rings. The number of piperazine rings is 1. The summed E-state index contributed by atoms with van der Waals surface area (Å²) in [5.41, 5.74) is 0. The Labute approximate surface area is 175 Å². The number of nitrogens with one attached hydrogen (secondary N) is 1. The molecule has 29 heavy (non-hydrogen) atoms. The molecular weight excluding hydrogens is 370 g/mol. The van der Waals surface area contributed by atoms with Crippen LogP contribution in [0.15, 0.2) is 0 Å². The third-order valence-electron chi connectivity index (χ3n) is 5.81. The van der Waals surface area contributed by atoms with Crippen molar-refractivity contribution in [3.8, 4) is 0 Å². The zero-order chi connectivity index (χ0) is 21.6. The first-order valence-corrected chi connectivity index (χ1v) is 11.2. The van der Waals surface area contributed by atoms with E-state index in [9.17, 15) is 14.4 Å². The number of hydrogen-bond donors (Lipinski definition) is 1. The van der Waals surface area contributed by atoms with E-state index in [0.29, 0.717) is 57.3 Å². The van der Waals surface area contributed by atoms with E-state index in [4.69, 9.17) is 4.74 Å². The van der Waals surface area contributed by atoms with Gasteiger partial charge in [-0.15, -0.1) is 0 Å². The number of carbonyl (C=O) groups is 3. The first kappa shape index (κ1) is 23.6. The minimum Gasteiger partial charge on any atom is -0.466 e. The van der Waals surface area contributed by atoms with E-state index in [-0.39, 0.29) is 29.7 Å². The molecule has 2 rings (SSSR count). The highest BCUT2D eigenvalue weighted by Crippen LogP contribution is 2.24. The molecule has 0 aromatic heterocycles. The molecule has 2 aliphatic heterocycles. The topological polar surface area (TPSA) is 79.0 Å². The summed E-state index contributed by atoms with van der Waals surface area (Å²) in [7, 11) is 0. The number of esters is 1. The number of piperidine rings is 1. The number of rotatable bonds is 8. The predicted octanol–water partition coefficient (Wildman–Crippen LogP) is 2.05. The Balaban J connectivity index is 2.06. The van der Waals surface area contributed by atoms with E-state index in [1.807, 2.05) is 16.7 Å². The van der Waals surface area contributed by atoms with Crippen molar-refractivity contribution >= 4 is 17.8 Å². The molecule has 166 valence electrons. The number of amides is 2. The zero-order valence-corrected chi connectivity index (χ0v) is 18.8. The van der Waals surface area contributed by atoms with Gasteiger partial charge < -0.3 is 19.9 Å². The number of ether oxygens (including phenoxy) is 1. The Morgan fingerprint density at radius 2 is 1.76 bits per heavy atom. The standard InChI is InChI=1S/C22H39N3O4/c1-6-29-22(28)17-7-10-24(11-8-17)21(27)19(14-16(4)5)25-12-9-23-18(20(25)26)13-15(2)3/h15-19,23H,6-14H2,1-5H3/t18-,19-/m0/s1. The molecule has 0 aliphatic carbocycles. The molecule has 2 fully saturated rings. The van der Waals surface area contributed by atoms with Crippen LogP contribution in [0.4, 0.5) is 0 Å². The van der Waals surface area contributed by atoms with Gasteiger partial charge >= 0.3 is 5.97 Å². The average Bonchev–Trinajstić information content (AvgIpc) is 2.67. The van der Waals surface area contributed by atoms with Gasteiger partial charge in [-0.2, -0.15) is 0 Å². The first-order chi connectivity index (χ1) is 13.7. The fraction of sp³-hybridized carbons (Fsp3) is 0.864. The molecule has 2 saturated heterocycles. The van der Waals surface area contributed by atoms with Crippen LogP contribution < -0.4 is 5.32 Å². The molecule has 0 spiro atoms. The van der Waals surface area contributed by atoms with Crippen LogP contribution in [0, 0.1) is 17.8 Å². The summed E-state index contributed by atoms with van der Waals surface area (Å²) in [6.07, 6.45) is 2.70. The number of hydrogen-bond acceptors (Lipinski definition) is 5. The summed E-state index contributed by atoms with van der Waals surface area (Å²) in [5, 5.41) is 3.32. The minimum atomic E-state index is -0.418. The Hall–Kier alpha value is -1.63. The molecule has 2 heterocycles. The van der Waals surface area contributed by atoms with Crippen LogP contribution in [0.25, 0.3) is 0 Å². The second kappa shape index (κ2) is 11.0. The van der Waals surface area contributed by atoms with E-state index in [0.717, 1.165) is 13.0 Å². The largest absolute Gasteiger partial charge is 0.466 e. The van der Waals surface area contributed by atoms with E-state index in [1.165, 1.54) is 0 Å². The number of carbonyl (C=O) groups excluding carboxylic acids is 3. The predicted molar refractivity (Wildman–Crippen MR) is 112 cm³/mol. The molecule has 0 aromatic carbocycles. The van der Waals surface area contributed by atoms with E-state index >= 15 is 0 Å². The smallest absolute Gasteiger partial charge is 0.309 e. The molecule has 0 unspecified atom stereocenters.